The summed E-state index contributed by atoms with van der Waals surface area (Å²) in [7, 11) is 4.01. The molecule has 0 unspecified atom stereocenters. The van der Waals surface area contributed by atoms with Crippen molar-refractivity contribution < 1.29 is 96.8 Å². The molecule has 3 saturated heterocycles. The molecule has 0 aliphatic carbocycles. The van der Waals surface area contributed by atoms with E-state index in [4.69, 9.17) is 17.2 Å². The van der Waals surface area contributed by atoms with E-state index < -0.39 is 235 Å². The molecule has 0 radical (unpaired) electrons. The van der Waals surface area contributed by atoms with Crippen molar-refractivity contribution in [2.75, 3.05) is 65.4 Å². The van der Waals surface area contributed by atoms with E-state index in [1.54, 1.807) is 76.5 Å². The highest BCUT2D eigenvalue weighted by Gasteiger charge is 2.47. The lowest BCUT2D eigenvalue weighted by Crippen LogP contribution is -2.60. The minimum absolute atomic E-state index is 0.0385. The zero-order valence-corrected chi connectivity index (χ0v) is 76.3. The number of rotatable bonds is 24. The van der Waals surface area contributed by atoms with Crippen molar-refractivity contribution in [3.05, 3.63) is 102 Å². The number of thioether (sulfide) groups is 1. The van der Waals surface area contributed by atoms with Crippen LogP contribution in [0.15, 0.2) is 85.2 Å². The molecule has 20 N–H and O–H groups in total. The van der Waals surface area contributed by atoms with Crippen molar-refractivity contribution in [1.29, 1.82) is 0 Å². The molecule has 3 aromatic carbocycles. The van der Waals surface area contributed by atoms with Crippen LogP contribution in [0.5, 0.6) is 5.75 Å². The van der Waals surface area contributed by atoms with E-state index >= 15 is 33.6 Å². The van der Waals surface area contributed by atoms with Crippen molar-refractivity contribution in [1.82, 2.24) is 82.3 Å². The lowest BCUT2D eigenvalue weighted by atomic mass is 9.90. The highest BCUT2D eigenvalue weighted by Crippen LogP contribution is 2.30. The lowest BCUT2D eigenvalue weighted by Gasteiger charge is -2.36. The van der Waals surface area contributed by atoms with Gasteiger partial charge in [-0.3, -0.25) is 81.5 Å². The van der Waals surface area contributed by atoms with Gasteiger partial charge in [0, 0.05) is 106 Å². The molecule has 15 atom stereocenters. The van der Waals surface area contributed by atoms with E-state index in [9.17, 15) is 63.3 Å². The van der Waals surface area contributed by atoms with Gasteiger partial charge < -0.3 is 115 Å². The largest absolute Gasteiger partial charge is 0.508 e. The van der Waals surface area contributed by atoms with Crippen LogP contribution in [0.2, 0.25) is 0 Å². The molecule has 5 aromatic rings. The SMILES string of the molecule is CCCC[C@H]1C(=O)N(C)[C@@H](CCCC)C(=O)N[C@@H](CC(C)C)C(=O)N[C@H](C(=O)NCC(N)=O)CSCC(=O)N[C@@H](Cc2ccc(O)cc2)C(=O)N(C)[C@@H](C)C(=O)N[C@@H](CC(N)=O)C(=O)N2CCC[C@H]2C(=O)N[C@@H](CO)C(=O)N[C@@H](CC(C)C)C(=O)N2C[C@H](O)C[C@H]2C(=O)C[C@@H](Cc2c[nH]c3ccccc23)C(=O)N[C@@H](CCN)C(=O)N[C@@H](Cc2c[nH]c3ccccc23)C(=O)N1C. The fourth-order valence-corrected chi connectivity index (χ4v) is 17.4. The highest BCUT2D eigenvalue weighted by atomic mass is 32.2. The Balaban J connectivity index is 1.18. The second-order valence-electron chi connectivity index (χ2n) is 34.7. The predicted octanol–water partition coefficient (Wildman–Crippen LogP) is -0.672. The highest BCUT2D eigenvalue weighted by molar-refractivity contribution is 8.00. The Morgan fingerprint density at radius 1 is 0.546 bits per heavy atom. The van der Waals surface area contributed by atoms with Gasteiger partial charge in [0.1, 0.15) is 78.3 Å². The number of ketones is 1. The van der Waals surface area contributed by atoms with Crippen LogP contribution in [0.3, 0.4) is 0 Å². The minimum atomic E-state index is -1.81. The summed E-state index contributed by atoms with van der Waals surface area (Å²) in [6.45, 7) is 9.52. The Labute approximate surface area is 759 Å². The number of nitrogens with one attached hydrogen (secondary N) is 11. The maximum Gasteiger partial charge on any atom is 0.246 e. The zero-order chi connectivity index (χ0) is 95.5. The molecule has 2 aromatic heterocycles. The van der Waals surface area contributed by atoms with Gasteiger partial charge in [0.05, 0.1) is 37.5 Å². The number of H-pyrrole nitrogens is 2. The maximum absolute atomic E-state index is 15.8. The predicted molar refractivity (Wildman–Crippen MR) is 483 cm³/mol. The van der Waals surface area contributed by atoms with Gasteiger partial charge in [0.15, 0.2) is 5.78 Å². The fourth-order valence-electron chi connectivity index (χ4n) is 16.6. The third-order valence-electron chi connectivity index (χ3n) is 23.8. The molecule has 130 heavy (non-hydrogen) atoms. The molecule has 0 bridgehead atoms. The summed E-state index contributed by atoms with van der Waals surface area (Å²) in [6.07, 6.45) is 1.39. The number of aliphatic hydroxyl groups excluding tert-OH is 2. The van der Waals surface area contributed by atoms with E-state index in [1.807, 2.05) is 26.0 Å². The number of aromatic amines is 2. The summed E-state index contributed by atoms with van der Waals surface area (Å²) in [6, 6.07) is 0.511. The van der Waals surface area contributed by atoms with E-state index in [2.05, 4.69) is 57.8 Å². The summed E-state index contributed by atoms with van der Waals surface area (Å²) in [5.41, 5.74) is 20.3. The molecular formula is C90H129N19O20S. The molecule has 5 heterocycles. The average Bonchev–Trinajstić information content (AvgIpc) is 1.58. The number of benzene rings is 3. The van der Waals surface area contributed by atoms with Gasteiger partial charge >= 0.3 is 0 Å². The zero-order valence-electron chi connectivity index (χ0n) is 75.5. The van der Waals surface area contributed by atoms with Gasteiger partial charge in [0.25, 0.3) is 0 Å². The van der Waals surface area contributed by atoms with Crippen molar-refractivity contribution in [3.63, 3.8) is 0 Å². The second-order valence-corrected chi connectivity index (χ2v) is 35.8. The standard InChI is InChI=1S/C90H129N19O20S/c1-11-13-24-70-84(123)99-63(34-49(3)4)82(121)104-69(80(119)96-44-76(93)115)47-130-48-77(116)97-65(36-52-27-29-56(111)30-28-52)86(125)105(8)51(7)78(117)100-67(41-75(92)114)88(127)108-33-19-26-71(108)85(124)103-68(46-110)83(122)101-64(35-50(5)6)89(128)109-45-57(112)40-73(109)74(113)39-53(37-54-42-94-60-22-17-15-20-58(54)60)79(118)98-62(31-32-91)81(120)102-66(38-55-43-95-61-23-18-16-21-59(55)61)87(126)107(10)72(25-14-12-2)90(129)106(70)9/h15-18,20-23,27-30,42-43,49-51,53,57,62-73,94-95,110-112H,11-14,19,24-26,31-41,44-48,91H2,1-10H3,(H2,92,114)(H2,93,115)(H,96,119)(H,97,116)(H,98,118)(H,99,123)(H,100,117)(H,101,122)(H,102,120)(H,103,124)(H,104,121)/t51-,53+,57+,62-,63-,64-,65-,66-,67-,68-,69-,70-,71-,72-,73-/m0/s1. The number of likely N-dealkylation sites (N-methyl/N-ethyl adjacent to an activating group) is 3. The minimum Gasteiger partial charge on any atom is -0.508 e. The summed E-state index contributed by atoms with van der Waals surface area (Å²) >= 11 is 0.798. The number of nitrogens with zero attached hydrogens (tertiary/aromatic N) is 5. The van der Waals surface area contributed by atoms with Gasteiger partial charge in [-0.1, -0.05) is 116 Å². The number of hydrogen-bond donors (Lipinski definition) is 17. The van der Waals surface area contributed by atoms with Gasteiger partial charge in [0.2, 0.25) is 94.5 Å². The smallest absolute Gasteiger partial charge is 0.246 e. The number of aromatic hydroxyl groups is 1. The molecular weight excluding hydrogens is 1700 g/mol. The van der Waals surface area contributed by atoms with Crippen molar-refractivity contribution in [2.24, 2.45) is 35.0 Å². The van der Waals surface area contributed by atoms with Crippen LogP contribution in [0.4, 0.5) is 0 Å². The van der Waals surface area contributed by atoms with Crippen molar-refractivity contribution >= 4 is 134 Å². The van der Waals surface area contributed by atoms with E-state index in [0.29, 0.717) is 64.2 Å². The Morgan fingerprint density at radius 3 is 1.68 bits per heavy atom. The third-order valence-corrected chi connectivity index (χ3v) is 24.9. The van der Waals surface area contributed by atoms with Crippen molar-refractivity contribution in [3.8, 4) is 5.75 Å². The number of aromatic nitrogens is 2. The van der Waals surface area contributed by atoms with Crippen LogP contribution < -0.4 is 65.1 Å². The van der Waals surface area contributed by atoms with Crippen LogP contribution in [-0.2, 0) is 101 Å². The first-order valence-corrected chi connectivity index (χ1v) is 45.6. The summed E-state index contributed by atoms with van der Waals surface area (Å²) in [4.78, 5) is 261. The lowest BCUT2D eigenvalue weighted by molar-refractivity contribution is -0.149. The summed E-state index contributed by atoms with van der Waals surface area (Å²) < 4.78 is 0. The number of hydrogen-bond acceptors (Lipinski definition) is 22. The van der Waals surface area contributed by atoms with Crippen LogP contribution >= 0.6 is 11.8 Å². The number of fused-ring (bicyclic) bond motifs is 4. The van der Waals surface area contributed by atoms with Crippen LogP contribution in [0.1, 0.15) is 155 Å². The molecule has 0 spiro atoms. The molecule has 710 valence electrons. The van der Waals surface area contributed by atoms with Crippen LogP contribution in [0.25, 0.3) is 21.8 Å². The molecule has 40 heteroatoms. The first kappa shape index (κ1) is 103. The topological polar surface area (TPSA) is 585 Å². The molecule has 0 saturated carbocycles. The first-order valence-electron chi connectivity index (χ1n) is 44.4. The number of carbonyl (C=O) groups is 17. The van der Waals surface area contributed by atoms with Crippen molar-refractivity contribution in [2.45, 2.75) is 242 Å². The number of para-hydroxylation sites is 2. The molecule has 8 rings (SSSR count). The Kier molecular flexibility index (Phi) is 39.0. The number of carbonyl (C=O) groups excluding carboxylic acids is 17. The number of unbranched alkanes of at least 4 members (excludes halogenated alkanes) is 2. The summed E-state index contributed by atoms with van der Waals surface area (Å²) in [5, 5.41) is 57.6. The molecule has 3 aliphatic rings. The molecule has 3 fully saturated rings. The monoisotopic (exact) mass is 1830 g/mol. The Morgan fingerprint density at radius 2 is 1.08 bits per heavy atom. The maximum atomic E-state index is 15.8. The van der Waals surface area contributed by atoms with Gasteiger partial charge in [-0.15, -0.1) is 11.8 Å². The number of aliphatic hydroxyl groups is 2. The number of phenols is 1. The third kappa shape index (κ3) is 28.5. The van der Waals surface area contributed by atoms with Crippen LogP contribution in [-0.4, -0.2) is 300 Å². The van der Waals surface area contributed by atoms with Crippen LogP contribution in [0, 0.1) is 17.8 Å². The molecule has 39 nitrogen and oxygen atoms in total. The normalized spacial score (nSPS) is 25.4. The first-order chi connectivity index (χ1) is 61.8. The Bertz CT molecular complexity index is 4850. The van der Waals surface area contributed by atoms with Gasteiger partial charge in [-0.2, -0.15) is 0 Å². The van der Waals surface area contributed by atoms with E-state index in [0.717, 1.165) is 26.5 Å². The van der Waals surface area contributed by atoms with E-state index in [1.165, 1.54) is 62.1 Å². The Hall–Kier alpha value is -12.0. The van der Waals surface area contributed by atoms with E-state index in [-0.39, 0.29) is 101 Å². The molecule has 3 aliphatic heterocycles. The van der Waals surface area contributed by atoms with Gasteiger partial charge in [-0.25, -0.2) is 0 Å². The number of Topliss-reactive ketones (excluding diaryl/α,β-unsaturated/α-hetero) is 1. The average molecular weight is 1830 g/mol. The molecule has 16 amide bonds. The quantitative estimate of drug-likeness (QED) is 0.0364. The number of amides is 16. The number of nitrogens with two attached hydrogens (primary N) is 3. The number of phenolic OH excluding ortho intramolecular Hbond substituents is 1. The second kappa shape index (κ2) is 49.1. The fraction of sp³-hybridized carbons (Fsp3) is 0.567. The van der Waals surface area contributed by atoms with Gasteiger partial charge in [-0.05, 0) is 118 Å². The number of primary amides is 2. The summed E-state index contributed by atoms with van der Waals surface area (Å²) in [5.74, 6) is -18.2.